The second-order valence-electron chi connectivity index (χ2n) is 4.52. The molecule has 0 bridgehead atoms. The number of hydrogen-bond acceptors (Lipinski definition) is 4. The van der Waals surface area contributed by atoms with Crippen molar-refractivity contribution in [2.45, 2.75) is 37.0 Å². The Morgan fingerprint density at radius 3 is 2.50 bits per heavy atom. The van der Waals surface area contributed by atoms with Crippen molar-refractivity contribution in [1.82, 2.24) is 14.7 Å². The zero-order valence-corrected chi connectivity index (χ0v) is 11.5. The Labute approximate surface area is 112 Å². The summed E-state index contributed by atoms with van der Waals surface area (Å²) in [6.07, 6.45) is 8.29. The van der Waals surface area contributed by atoms with Gasteiger partial charge in [-0.1, -0.05) is 25.7 Å². The van der Waals surface area contributed by atoms with E-state index in [2.05, 4.69) is 14.7 Å². The van der Waals surface area contributed by atoms with Crippen molar-refractivity contribution in [3.8, 4) is 0 Å². The first kappa shape index (κ1) is 13.7. The molecule has 1 fully saturated rings. The van der Waals surface area contributed by atoms with E-state index >= 15 is 0 Å². The van der Waals surface area contributed by atoms with Crippen molar-refractivity contribution in [3.63, 3.8) is 0 Å². The molecule has 0 aliphatic heterocycles. The van der Waals surface area contributed by atoms with Crippen molar-refractivity contribution in [3.05, 3.63) is 17.7 Å². The molecular weight excluding hydrogens is 274 g/mol. The molecule has 0 amide bonds. The lowest BCUT2D eigenvalue weighted by Gasteiger charge is -2.10. The Morgan fingerprint density at radius 1 is 1.28 bits per heavy atom. The minimum absolute atomic E-state index is 0.0416. The summed E-state index contributed by atoms with van der Waals surface area (Å²) in [5.41, 5.74) is 0. The fourth-order valence-electron chi connectivity index (χ4n) is 2.22. The molecule has 1 aromatic rings. The number of halogens is 1. The highest BCUT2D eigenvalue weighted by molar-refractivity contribution is 7.89. The molecule has 0 aromatic carbocycles. The van der Waals surface area contributed by atoms with Gasteiger partial charge in [-0.15, -0.1) is 0 Å². The highest BCUT2D eigenvalue weighted by atomic mass is 35.5. The summed E-state index contributed by atoms with van der Waals surface area (Å²) in [5, 5.41) is 0.0416. The van der Waals surface area contributed by atoms with E-state index in [0.29, 0.717) is 12.5 Å². The smallest absolute Gasteiger partial charge is 0.225 e. The summed E-state index contributed by atoms with van der Waals surface area (Å²) >= 11 is 5.51. The standard InChI is InChI=1S/C11H16ClN3O2S/c12-11-13-7-10(8-14-11)18(16,17)15-6-5-9-3-1-2-4-9/h7-9,15H,1-6H2. The maximum Gasteiger partial charge on any atom is 0.243 e. The number of nitrogens with zero attached hydrogens (tertiary/aromatic N) is 2. The van der Waals surface area contributed by atoms with Crippen molar-refractivity contribution in [1.29, 1.82) is 0 Å². The second-order valence-corrected chi connectivity index (χ2v) is 6.63. The Morgan fingerprint density at radius 2 is 1.89 bits per heavy atom. The molecule has 18 heavy (non-hydrogen) atoms. The molecule has 100 valence electrons. The molecule has 0 unspecified atom stereocenters. The molecule has 1 aliphatic carbocycles. The Hall–Kier alpha value is -0.720. The van der Waals surface area contributed by atoms with Gasteiger partial charge in [0.2, 0.25) is 15.3 Å². The lowest BCUT2D eigenvalue weighted by Crippen LogP contribution is -2.26. The van der Waals surface area contributed by atoms with Crippen LogP contribution in [0.5, 0.6) is 0 Å². The minimum atomic E-state index is -3.50. The van der Waals surface area contributed by atoms with E-state index in [1.54, 1.807) is 0 Å². The highest BCUT2D eigenvalue weighted by Gasteiger charge is 2.18. The van der Waals surface area contributed by atoms with Gasteiger partial charge in [-0.25, -0.2) is 23.1 Å². The number of rotatable bonds is 5. The van der Waals surface area contributed by atoms with Crippen LogP contribution in [-0.2, 0) is 10.0 Å². The first-order valence-corrected chi connectivity index (χ1v) is 7.91. The third-order valence-corrected chi connectivity index (χ3v) is 4.84. The topological polar surface area (TPSA) is 72.0 Å². The Kier molecular flexibility index (Phi) is 4.53. The summed E-state index contributed by atoms with van der Waals surface area (Å²) in [6.45, 7) is 0.468. The zero-order valence-electron chi connectivity index (χ0n) is 9.97. The fourth-order valence-corrected chi connectivity index (χ4v) is 3.25. The van der Waals surface area contributed by atoms with Gasteiger partial charge < -0.3 is 0 Å². The first-order valence-electron chi connectivity index (χ1n) is 6.05. The van der Waals surface area contributed by atoms with Gasteiger partial charge in [-0.05, 0) is 23.9 Å². The average molecular weight is 290 g/mol. The molecule has 2 rings (SSSR count). The molecule has 1 aromatic heterocycles. The van der Waals surface area contributed by atoms with Crippen molar-refractivity contribution in [2.75, 3.05) is 6.54 Å². The van der Waals surface area contributed by atoms with Gasteiger partial charge in [0.25, 0.3) is 0 Å². The van der Waals surface area contributed by atoms with E-state index in [-0.39, 0.29) is 10.2 Å². The van der Waals surface area contributed by atoms with Gasteiger partial charge in [0, 0.05) is 6.54 Å². The molecule has 1 heterocycles. The zero-order chi connectivity index (χ0) is 13.0. The normalized spacial score (nSPS) is 17.2. The van der Waals surface area contributed by atoms with Crippen LogP contribution >= 0.6 is 11.6 Å². The molecule has 7 heteroatoms. The van der Waals surface area contributed by atoms with Crippen molar-refractivity contribution >= 4 is 21.6 Å². The Balaban J connectivity index is 1.88. The quantitative estimate of drug-likeness (QED) is 0.842. The van der Waals surface area contributed by atoms with E-state index < -0.39 is 10.0 Å². The lowest BCUT2D eigenvalue weighted by atomic mass is 10.1. The molecule has 1 N–H and O–H groups in total. The van der Waals surface area contributed by atoms with Crippen LogP contribution in [-0.4, -0.2) is 24.9 Å². The summed E-state index contributed by atoms with van der Waals surface area (Å²) in [7, 11) is -3.50. The number of nitrogens with one attached hydrogen (secondary N) is 1. The summed E-state index contributed by atoms with van der Waals surface area (Å²) in [4.78, 5) is 7.39. The minimum Gasteiger partial charge on any atom is -0.225 e. The van der Waals surface area contributed by atoms with Gasteiger partial charge in [0.15, 0.2) is 0 Å². The maximum absolute atomic E-state index is 11.9. The molecule has 1 aliphatic rings. The van der Waals surface area contributed by atoms with Crippen LogP contribution in [0.2, 0.25) is 5.28 Å². The molecule has 5 nitrogen and oxygen atoms in total. The average Bonchev–Trinajstić information content (AvgIpc) is 2.82. The third kappa shape index (κ3) is 3.63. The van der Waals surface area contributed by atoms with E-state index in [0.717, 1.165) is 6.42 Å². The van der Waals surface area contributed by atoms with Crippen LogP contribution in [0.1, 0.15) is 32.1 Å². The molecule has 0 spiro atoms. The van der Waals surface area contributed by atoms with Crippen LogP contribution in [0.4, 0.5) is 0 Å². The van der Waals surface area contributed by atoms with E-state index in [9.17, 15) is 8.42 Å². The van der Waals surface area contributed by atoms with Gasteiger partial charge in [-0.3, -0.25) is 0 Å². The summed E-state index contributed by atoms with van der Waals surface area (Å²) in [6, 6.07) is 0. The maximum atomic E-state index is 11.9. The molecule has 0 saturated heterocycles. The van der Waals surface area contributed by atoms with Crippen LogP contribution < -0.4 is 4.72 Å². The van der Waals surface area contributed by atoms with Gasteiger partial charge in [-0.2, -0.15) is 0 Å². The summed E-state index contributed by atoms with van der Waals surface area (Å²) in [5.74, 6) is 0.661. The first-order chi connectivity index (χ1) is 8.58. The van der Waals surface area contributed by atoms with Gasteiger partial charge >= 0.3 is 0 Å². The summed E-state index contributed by atoms with van der Waals surface area (Å²) < 4.78 is 26.3. The predicted octanol–water partition coefficient (Wildman–Crippen LogP) is 1.99. The number of aromatic nitrogens is 2. The van der Waals surface area contributed by atoms with Crippen LogP contribution in [0.25, 0.3) is 0 Å². The third-order valence-electron chi connectivity index (χ3n) is 3.23. The largest absolute Gasteiger partial charge is 0.243 e. The lowest BCUT2D eigenvalue weighted by molar-refractivity contribution is 0.495. The predicted molar refractivity (Wildman–Crippen MR) is 68.8 cm³/mol. The van der Waals surface area contributed by atoms with E-state index in [1.807, 2.05) is 0 Å². The Bertz CT molecular complexity index is 484. The van der Waals surface area contributed by atoms with Crippen LogP contribution in [0.3, 0.4) is 0 Å². The monoisotopic (exact) mass is 289 g/mol. The molecular formula is C11H16ClN3O2S. The SMILES string of the molecule is O=S(=O)(NCCC1CCCC1)c1cnc(Cl)nc1. The van der Waals surface area contributed by atoms with Gasteiger partial charge in [0.05, 0.1) is 12.4 Å². The number of sulfonamides is 1. The van der Waals surface area contributed by atoms with Crippen LogP contribution in [0.15, 0.2) is 17.3 Å². The molecule has 1 saturated carbocycles. The number of hydrogen-bond donors (Lipinski definition) is 1. The second kappa shape index (κ2) is 5.95. The highest BCUT2D eigenvalue weighted by Crippen LogP contribution is 2.27. The van der Waals surface area contributed by atoms with E-state index in [1.165, 1.54) is 38.1 Å². The van der Waals surface area contributed by atoms with Crippen molar-refractivity contribution < 1.29 is 8.42 Å². The molecule has 0 atom stereocenters. The fraction of sp³-hybridized carbons (Fsp3) is 0.636. The van der Waals surface area contributed by atoms with Crippen LogP contribution in [0, 0.1) is 5.92 Å². The van der Waals surface area contributed by atoms with Gasteiger partial charge in [0.1, 0.15) is 4.90 Å². The van der Waals surface area contributed by atoms with Crippen molar-refractivity contribution in [2.24, 2.45) is 5.92 Å². The van der Waals surface area contributed by atoms with E-state index in [4.69, 9.17) is 11.6 Å². The molecule has 0 radical (unpaired) electrons.